The minimum absolute atomic E-state index is 0.00750. The Balaban J connectivity index is 2.28. The molecule has 1 heterocycles. The van der Waals surface area contributed by atoms with Gasteiger partial charge in [0.2, 0.25) is 5.82 Å². The van der Waals surface area contributed by atoms with E-state index in [1.165, 1.54) is 18.9 Å². The first kappa shape index (κ1) is 12.3. The molecule has 0 spiro atoms. The maximum Gasteiger partial charge on any atom is 0.312 e. The molecule has 5 nitrogen and oxygen atoms in total. The molecular formula is C11H14BrN3O2. The first-order valence-corrected chi connectivity index (χ1v) is 6.27. The molecule has 0 unspecified atom stereocenters. The van der Waals surface area contributed by atoms with E-state index < -0.39 is 4.92 Å². The third-order valence-electron chi connectivity index (χ3n) is 3.07. The van der Waals surface area contributed by atoms with Gasteiger partial charge >= 0.3 is 5.69 Å². The largest absolute Gasteiger partial charge is 0.359 e. The van der Waals surface area contributed by atoms with Crippen molar-refractivity contribution >= 4 is 27.4 Å². The normalized spacial score (nSPS) is 15.7. The van der Waals surface area contributed by atoms with Gasteiger partial charge in [-0.25, -0.2) is 4.98 Å². The molecule has 0 amide bonds. The van der Waals surface area contributed by atoms with Crippen LogP contribution in [0.3, 0.4) is 0 Å². The lowest BCUT2D eigenvalue weighted by Gasteiger charge is -2.26. The van der Waals surface area contributed by atoms with Gasteiger partial charge in [-0.05, 0) is 48.5 Å². The highest BCUT2D eigenvalue weighted by Crippen LogP contribution is 2.42. The number of nitro groups is 1. The molecule has 0 radical (unpaired) electrons. The van der Waals surface area contributed by atoms with E-state index >= 15 is 0 Å². The quantitative estimate of drug-likeness (QED) is 0.684. The Labute approximate surface area is 108 Å². The van der Waals surface area contributed by atoms with Gasteiger partial charge in [-0.15, -0.1) is 0 Å². The van der Waals surface area contributed by atoms with Crippen LogP contribution in [-0.2, 0) is 0 Å². The summed E-state index contributed by atoms with van der Waals surface area (Å²) in [6.07, 6.45) is 3.91. The predicted octanol–water partition coefficient (Wildman–Crippen LogP) is 3.35. The molecule has 1 aliphatic carbocycles. The molecule has 2 rings (SSSR count). The number of anilines is 1. The smallest absolute Gasteiger partial charge is 0.312 e. The molecule has 17 heavy (non-hydrogen) atoms. The van der Waals surface area contributed by atoms with Crippen molar-refractivity contribution in [3.05, 3.63) is 26.9 Å². The summed E-state index contributed by atoms with van der Waals surface area (Å²) >= 11 is 3.19. The zero-order valence-corrected chi connectivity index (χ0v) is 11.3. The van der Waals surface area contributed by atoms with Gasteiger partial charge in [-0.2, -0.15) is 0 Å². The van der Waals surface area contributed by atoms with Gasteiger partial charge in [-0.1, -0.05) is 0 Å². The summed E-state index contributed by atoms with van der Waals surface area (Å²) in [6, 6.07) is 1.47. The highest BCUT2D eigenvalue weighted by atomic mass is 79.9. The second kappa shape index (κ2) is 4.25. The van der Waals surface area contributed by atoms with E-state index in [4.69, 9.17) is 0 Å². The van der Waals surface area contributed by atoms with Crippen LogP contribution in [-0.4, -0.2) is 15.4 Å². The number of aromatic nitrogens is 1. The minimum Gasteiger partial charge on any atom is -0.359 e. The van der Waals surface area contributed by atoms with Gasteiger partial charge in [0.25, 0.3) is 0 Å². The molecule has 0 aliphatic heterocycles. The van der Waals surface area contributed by atoms with E-state index in [0.717, 1.165) is 0 Å². The number of pyridine rings is 1. The van der Waals surface area contributed by atoms with E-state index in [1.807, 2.05) is 0 Å². The summed E-state index contributed by atoms with van der Waals surface area (Å²) in [7, 11) is 0. The van der Waals surface area contributed by atoms with E-state index in [1.54, 1.807) is 6.20 Å². The molecule has 0 atom stereocenters. The third-order valence-corrected chi connectivity index (χ3v) is 3.50. The summed E-state index contributed by atoms with van der Waals surface area (Å²) in [5.74, 6) is 0.919. The predicted molar refractivity (Wildman–Crippen MR) is 69.0 cm³/mol. The van der Waals surface area contributed by atoms with Crippen molar-refractivity contribution in [3.63, 3.8) is 0 Å². The summed E-state index contributed by atoms with van der Waals surface area (Å²) < 4.78 is 0.610. The summed E-state index contributed by atoms with van der Waals surface area (Å²) in [5.41, 5.74) is -0.140. The van der Waals surface area contributed by atoms with Crippen LogP contribution in [0.1, 0.15) is 26.7 Å². The molecule has 0 bridgehead atoms. The van der Waals surface area contributed by atoms with E-state index in [2.05, 4.69) is 40.1 Å². The maximum atomic E-state index is 11.0. The Morgan fingerprint density at radius 1 is 1.59 bits per heavy atom. The second-order valence-corrected chi connectivity index (χ2v) is 5.82. The van der Waals surface area contributed by atoms with Crippen molar-refractivity contribution in [2.45, 2.75) is 32.2 Å². The average Bonchev–Trinajstić information content (AvgIpc) is 3.03. The van der Waals surface area contributed by atoms with Gasteiger partial charge in [0, 0.05) is 22.3 Å². The number of rotatable bonds is 4. The molecule has 0 saturated heterocycles. The van der Waals surface area contributed by atoms with Crippen LogP contribution >= 0.6 is 15.9 Å². The van der Waals surface area contributed by atoms with Crippen molar-refractivity contribution < 1.29 is 4.92 Å². The lowest BCUT2D eigenvalue weighted by molar-refractivity contribution is -0.384. The Morgan fingerprint density at radius 3 is 2.76 bits per heavy atom. The lowest BCUT2D eigenvalue weighted by Crippen LogP contribution is -2.34. The minimum atomic E-state index is -0.414. The molecule has 1 aromatic heterocycles. The third kappa shape index (κ3) is 2.74. The van der Waals surface area contributed by atoms with Gasteiger partial charge in [0.05, 0.1) is 4.92 Å². The van der Waals surface area contributed by atoms with E-state index in [0.29, 0.717) is 16.2 Å². The van der Waals surface area contributed by atoms with Gasteiger partial charge < -0.3 is 5.32 Å². The van der Waals surface area contributed by atoms with Crippen LogP contribution in [0.5, 0.6) is 0 Å². The fourth-order valence-electron chi connectivity index (χ4n) is 1.88. The van der Waals surface area contributed by atoms with Crippen LogP contribution < -0.4 is 5.32 Å². The fraction of sp³-hybridized carbons (Fsp3) is 0.545. The average molecular weight is 300 g/mol. The topological polar surface area (TPSA) is 68.1 Å². The first-order chi connectivity index (χ1) is 7.90. The van der Waals surface area contributed by atoms with Gasteiger partial charge in [0.1, 0.15) is 0 Å². The maximum absolute atomic E-state index is 11.0. The molecule has 6 heteroatoms. The van der Waals surface area contributed by atoms with Gasteiger partial charge in [-0.3, -0.25) is 10.1 Å². The fourth-order valence-corrected chi connectivity index (χ4v) is 2.20. The lowest BCUT2D eigenvalue weighted by atomic mass is 9.99. The van der Waals surface area contributed by atoms with Crippen LogP contribution in [0.4, 0.5) is 11.5 Å². The molecule has 1 saturated carbocycles. The molecule has 1 aliphatic rings. The molecular weight excluding hydrogens is 286 g/mol. The Hall–Kier alpha value is -1.17. The Bertz CT molecular complexity index is 458. The summed E-state index contributed by atoms with van der Waals surface area (Å²) in [5, 5.41) is 14.1. The van der Waals surface area contributed by atoms with E-state index in [-0.39, 0.29) is 11.2 Å². The van der Waals surface area contributed by atoms with Crippen LogP contribution in [0.15, 0.2) is 16.7 Å². The van der Waals surface area contributed by atoms with Crippen molar-refractivity contribution in [1.82, 2.24) is 4.98 Å². The highest BCUT2D eigenvalue weighted by molar-refractivity contribution is 9.10. The highest BCUT2D eigenvalue weighted by Gasteiger charge is 2.39. The monoisotopic (exact) mass is 299 g/mol. The standard InChI is InChI=1S/C11H14BrN3O2/c1-11(2,7-3-4-7)14-10-9(15(16)17)5-8(12)6-13-10/h5-7H,3-4H2,1-2H3,(H,13,14). The van der Waals surface area contributed by atoms with Crippen LogP contribution in [0.2, 0.25) is 0 Å². The summed E-state index contributed by atoms with van der Waals surface area (Å²) in [4.78, 5) is 14.6. The van der Waals surface area contributed by atoms with Crippen molar-refractivity contribution in [1.29, 1.82) is 0 Å². The van der Waals surface area contributed by atoms with Gasteiger partial charge in [0.15, 0.2) is 0 Å². The van der Waals surface area contributed by atoms with Crippen LogP contribution in [0, 0.1) is 16.0 Å². The molecule has 1 fully saturated rings. The van der Waals surface area contributed by atoms with Crippen LogP contribution in [0.25, 0.3) is 0 Å². The van der Waals surface area contributed by atoms with E-state index in [9.17, 15) is 10.1 Å². The molecule has 1 N–H and O–H groups in total. The zero-order valence-electron chi connectivity index (χ0n) is 9.74. The van der Waals surface area contributed by atoms with Crippen molar-refractivity contribution in [2.24, 2.45) is 5.92 Å². The Kier molecular flexibility index (Phi) is 3.07. The number of nitrogens with one attached hydrogen (secondary N) is 1. The Morgan fingerprint density at radius 2 is 2.24 bits per heavy atom. The molecule has 1 aromatic rings. The zero-order chi connectivity index (χ0) is 12.6. The molecule has 92 valence electrons. The number of hydrogen-bond acceptors (Lipinski definition) is 4. The SMILES string of the molecule is CC(C)(Nc1ncc(Br)cc1[N+](=O)[O-])C1CC1. The number of halogens is 1. The molecule has 0 aromatic carbocycles. The second-order valence-electron chi connectivity index (χ2n) is 4.90. The summed E-state index contributed by atoms with van der Waals surface area (Å²) in [6.45, 7) is 4.11. The number of hydrogen-bond donors (Lipinski definition) is 1. The number of nitrogens with zero attached hydrogens (tertiary/aromatic N) is 2. The first-order valence-electron chi connectivity index (χ1n) is 5.48. The van der Waals surface area contributed by atoms with Crippen molar-refractivity contribution in [3.8, 4) is 0 Å². The van der Waals surface area contributed by atoms with Crippen molar-refractivity contribution in [2.75, 3.05) is 5.32 Å².